The third kappa shape index (κ3) is 2.29. The molecule has 0 spiro atoms. The largest absolute Gasteiger partial charge is 0.381 e. The Labute approximate surface area is 93.5 Å². The molecule has 0 aliphatic carbocycles. The zero-order valence-corrected chi connectivity index (χ0v) is 8.47. The van der Waals surface area contributed by atoms with Gasteiger partial charge in [0, 0.05) is 31.7 Å². The third-order valence-electron chi connectivity index (χ3n) is 1.67. The highest BCUT2D eigenvalue weighted by Gasteiger charge is 2.16. The maximum absolute atomic E-state index is 8.35. The average molecular weight is 247 g/mol. The molecule has 2 rings (SSSR count). The third-order valence-corrected chi connectivity index (χ3v) is 2.11. The molecule has 0 saturated carbocycles. The molecule has 1 aromatic rings. The lowest BCUT2D eigenvalue weighted by molar-refractivity contribution is 0.0845. The number of hydrogen-bond acceptors (Lipinski definition) is 2. The summed E-state index contributed by atoms with van der Waals surface area (Å²) in [6.07, 6.45) is -4.30. The molecule has 70 valence electrons. The fourth-order valence-corrected chi connectivity index (χ4v) is 1.43. The van der Waals surface area contributed by atoms with Gasteiger partial charge in [-0.15, -0.1) is 0 Å². The van der Waals surface area contributed by atoms with Gasteiger partial charge in [-0.05, 0) is 40.8 Å². The van der Waals surface area contributed by atoms with Gasteiger partial charge in [0.25, 0.3) is 0 Å². The summed E-state index contributed by atoms with van der Waals surface area (Å²) in [4.78, 5) is 4.05. The highest BCUT2D eigenvalue weighted by atomic mass is 79.9. The van der Waals surface area contributed by atoms with Crippen molar-refractivity contribution in [3.05, 3.63) is 28.5 Å². The molecule has 13 heavy (non-hydrogen) atoms. The standard InChI is InChI=1S/C10H12BrNO/c11-10-3-1-2-9(12-10)8-4-6-13-7-5-8/h1-3,8H,4-7H2/i4D2,5D2,8D. The van der Waals surface area contributed by atoms with E-state index in [1.807, 2.05) is 0 Å². The molecular formula is C10H12BrNO. The normalized spacial score (nSPS) is 34.7. The average Bonchev–Trinajstić information content (AvgIpc) is 2.25. The number of nitrogens with zero attached hydrogens (tertiary/aromatic N) is 1. The molecule has 1 aliphatic heterocycles. The molecular weight excluding hydrogens is 230 g/mol. The summed E-state index contributed by atoms with van der Waals surface area (Å²) in [7, 11) is 0. The fraction of sp³-hybridized carbons (Fsp3) is 0.500. The van der Waals surface area contributed by atoms with Crippen LogP contribution in [0.1, 0.15) is 31.2 Å². The number of ether oxygens (including phenoxy) is 1. The first-order chi connectivity index (χ1) is 8.21. The summed E-state index contributed by atoms with van der Waals surface area (Å²) in [5, 5.41) is 0. The smallest absolute Gasteiger partial charge is 0.106 e. The van der Waals surface area contributed by atoms with E-state index in [-0.39, 0.29) is 18.9 Å². The Bertz CT molecular complexity index is 451. The van der Waals surface area contributed by atoms with Crippen LogP contribution in [0.2, 0.25) is 0 Å². The van der Waals surface area contributed by atoms with Crippen molar-refractivity contribution < 1.29 is 11.6 Å². The van der Waals surface area contributed by atoms with Gasteiger partial charge in [-0.3, -0.25) is 0 Å². The maximum atomic E-state index is 8.35. The van der Waals surface area contributed by atoms with E-state index in [0.29, 0.717) is 4.60 Å². The minimum absolute atomic E-state index is 0.0650. The molecule has 0 atom stereocenters. The van der Waals surface area contributed by atoms with Crippen molar-refractivity contribution in [2.45, 2.75) is 18.6 Å². The highest BCUT2D eigenvalue weighted by Crippen LogP contribution is 2.25. The molecule has 2 heterocycles. The van der Waals surface area contributed by atoms with Crippen LogP contribution in [0.3, 0.4) is 0 Å². The van der Waals surface area contributed by atoms with Crippen molar-refractivity contribution in [3.63, 3.8) is 0 Å². The second-order valence-corrected chi connectivity index (χ2v) is 3.38. The molecule has 1 aliphatic rings. The van der Waals surface area contributed by atoms with E-state index < -0.39 is 18.6 Å². The van der Waals surface area contributed by atoms with Gasteiger partial charge in [0.2, 0.25) is 0 Å². The van der Waals surface area contributed by atoms with Crippen molar-refractivity contribution in [2.75, 3.05) is 13.2 Å². The molecule has 0 amide bonds. The second-order valence-electron chi connectivity index (χ2n) is 2.57. The van der Waals surface area contributed by atoms with Gasteiger partial charge in [0.05, 0.1) is 0 Å². The molecule has 1 aromatic heterocycles. The van der Waals surface area contributed by atoms with Gasteiger partial charge >= 0.3 is 0 Å². The van der Waals surface area contributed by atoms with E-state index in [4.69, 9.17) is 11.6 Å². The van der Waals surface area contributed by atoms with Crippen LogP contribution in [-0.2, 0) is 4.74 Å². The van der Waals surface area contributed by atoms with Gasteiger partial charge in [-0.1, -0.05) is 6.07 Å². The van der Waals surface area contributed by atoms with Crippen molar-refractivity contribution in [2.24, 2.45) is 0 Å². The second kappa shape index (κ2) is 4.20. The van der Waals surface area contributed by atoms with Gasteiger partial charge in [-0.2, -0.15) is 0 Å². The molecule has 0 bridgehead atoms. The summed E-state index contributed by atoms with van der Waals surface area (Å²) < 4.78 is 45.3. The molecule has 0 aromatic carbocycles. The van der Waals surface area contributed by atoms with Crippen molar-refractivity contribution in [1.29, 1.82) is 0 Å². The first kappa shape index (κ1) is 4.89. The van der Waals surface area contributed by atoms with Crippen LogP contribution in [0.25, 0.3) is 0 Å². The highest BCUT2D eigenvalue weighted by molar-refractivity contribution is 9.10. The Morgan fingerprint density at radius 1 is 1.54 bits per heavy atom. The lowest BCUT2D eigenvalue weighted by atomic mass is 9.96. The van der Waals surface area contributed by atoms with Crippen LogP contribution in [0.15, 0.2) is 22.8 Å². The Kier molecular flexibility index (Phi) is 1.58. The minimum Gasteiger partial charge on any atom is -0.381 e. The fourth-order valence-electron chi connectivity index (χ4n) is 1.09. The van der Waals surface area contributed by atoms with Gasteiger partial charge in [-0.25, -0.2) is 4.98 Å². The van der Waals surface area contributed by atoms with Crippen molar-refractivity contribution >= 4 is 15.9 Å². The van der Waals surface area contributed by atoms with E-state index in [9.17, 15) is 0 Å². The predicted octanol–water partition coefficient (Wildman–Crippen LogP) is 2.74. The van der Waals surface area contributed by atoms with Crippen LogP contribution in [-0.4, -0.2) is 18.2 Å². The Balaban J connectivity index is 2.60. The molecule has 0 unspecified atom stereocenters. The Morgan fingerprint density at radius 3 is 3.00 bits per heavy atom. The van der Waals surface area contributed by atoms with Crippen LogP contribution < -0.4 is 0 Å². The number of aromatic nitrogens is 1. The molecule has 1 saturated heterocycles. The number of rotatable bonds is 1. The number of pyridine rings is 1. The lowest BCUT2D eigenvalue weighted by Gasteiger charge is -2.21. The molecule has 0 N–H and O–H groups in total. The molecule has 3 heteroatoms. The van der Waals surface area contributed by atoms with E-state index in [1.165, 1.54) is 6.07 Å². The minimum atomic E-state index is -2.15. The number of hydrogen-bond donors (Lipinski definition) is 0. The summed E-state index contributed by atoms with van der Waals surface area (Å²) in [5.74, 6) is -2.10. The Hall–Kier alpha value is -0.410. The summed E-state index contributed by atoms with van der Waals surface area (Å²) in [6, 6.07) is 4.74. The van der Waals surface area contributed by atoms with E-state index in [0.717, 1.165) is 0 Å². The molecule has 1 fully saturated rings. The van der Waals surface area contributed by atoms with Gasteiger partial charge in [0.15, 0.2) is 0 Å². The topological polar surface area (TPSA) is 22.1 Å². The lowest BCUT2D eigenvalue weighted by Crippen LogP contribution is -2.15. The SMILES string of the molecule is [2H]C1([2H])COCC([2H])([2H])C1([2H])c1cccc(Br)n1. The van der Waals surface area contributed by atoms with Gasteiger partial charge in [0.1, 0.15) is 4.60 Å². The zero-order valence-electron chi connectivity index (χ0n) is 11.9. The molecule has 0 radical (unpaired) electrons. The number of halogens is 1. The van der Waals surface area contributed by atoms with E-state index in [1.54, 1.807) is 12.1 Å². The summed E-state index contributed by atoms with van der Waals surface area (Å²) in [6.45, 7) is -0.631. The van der Waals surface area contributed by atoms with Crippen LogP contribution in [0.4, 0.5) is 0 Å². The maximum Gasteiger partial charge on any atom is 0.106 e. The first-order valence-corrected chi connectivity index (χ1v) is 4.71. The summed E-state index contributed by atoms with van der Waals surface area (Å²) >= 11 is 3.16. The van der Waals surface area contributed by atoms with Crippen LogP contribution in [0.5, 0.6) is 0 Å². The monoisotopic (exact) mass is 246 g/mol. The molecule has 2 nitrogen and oxygen atoms in total. The quantitative estimate of drug-likeness (QED) is 0.712. The zero-order chi connectivity index (χ0) is 13.6. The van der Waals surface area contributed by atoms with E-state index in [2.05, 4.69) is 20.9 Å². The first-order valence-electron chi connectivity index (χ1n) is 6.41. The van der Waals surface area contributed by atoms with E-state index >= 15 is 0 Å². The Morgan fingerprint density at radius 2 is 2.31 bits per heavy atom. The van der Waals surface area contributed by atoms with Crippen LogP contribution in [0, 0.1) is 0 Å². The predicted molar refractivity (Wildman–Crippen MR) is 54.7 cm³/mol. The van der Waals surface area contributed by atoms with Gasteiger partial charge < -0.3 is 4.74 Å². The van der Waals surface area contributed by atoms with Crippen molar-refractivity contribution in [1.82, 2.24) is 4.98 Å². The van der Waals surface area contributed by atoms with Crippen molar-refractivity contribution in [3.8, 4) is 0 Å². The summed E-state index contributed by atoms with van der Waals surface area (Å²) in [5.41, 5.74) is 0.0650. The van der Waals surface area contributed by atoms with Crippen LogP contribution >= 0.6 is 15.9 Å².